The minimum absolute atomic E-state index is 0.721. The highest BCUT2D eigenvalue weighted by molar-refractivity contribution is 7.80. The van der Waals surface area contributed by atoms with Crippen LogP contribution in [0, 0.1) is 13.8 Å². The molecule has 0 spiro atoms. The highest BCUT2D eigenvalue weighted by Gasteiger charge is 2.28. The quantitative estimate of drug-likeness (QED) is 0.585. The van der Waals surface area contributed by atoms with Gasteiger partial charge >= 0.3 is 0 Å². The van der Waals surface area contributed by atoms with E-state index in [4.69, 9.17) is 12.2 Å². The van der Waals surface area contributed by atoms with E-state index in [1.54, 1.807) is 0 Å². The summed E-state index contributed by atoms with van der Waals surface area (Å²) in [5.74, 6) is 0. The lowest BCUT2D eigenvalue weighted by Gasteiger charge is -2.41. The van der Waals surface area contributed by atoms with Crippen molar-refractivity contribution < 1.29 is 0 Å². The maximum Gasteiger partial charge on any atom is 0.173 e. The lowest BCUT2D eigenvalue weighted by Crippen LogP contribution is -2.49. The van der Waals surface area contributed by atoms with Gasteiger partial charge in [0.25, 0.3) is 0 Å². The number of aryl methyl sites for hydroxylation is 2. The zero-order chi connectivity index (χ0) is 18.5. The van der Waals surface area contributed by atoms with Crippen molar-refractivity contribution in [3.8, 4) is 0 Å². The molecule has 0 radical (unpaired) electrons. The summed E-state index contributed by atoms with van der Waals surface area (Å²) in [6.07, 6.45) is 10.9. The van der Waals surface area contributed by atoms with Gasteiger partial charge in [0.2, 0.25) is 0 Å². The van der Waals surface area contributed by atoms with Crippen LogP contribution < -0.4 is 5.32 Å². The van der Waals surface area contributed by atoms with Crippen molar-refractivity contribution in [1.82, 2.24) is 9.80 Å². The Bertz CT molecular complexity index is 579. The van der Waals surface area contributed by atoms with Crippen LogP contribution in [0.25, 0.3) is 0 Å². The van der Waals surface area contributed by atoms with Crippen molar-refractivity contribution in [2.24, 2.45) is 0 Å². The van der Waals surface area contributed by atoms with E-state index < -0.39 is 0 Å². The molecule has 4 heteroatoms. The summed E-state index contributed by atoms with van der Waals surface area (Å²) in [4.78, 5) is 5.05. The average Bonchev–Trinajstić information content (AvgIpc) is 2.89. The smallest absolute Gasteiger partial charge is 0.173 e. The monoisotopic (exact) mass is 373 g/mol. The van der Waals surface area contributed by atoms with E-state index in [1.165, 1.54) is 62.5 Å². The standard InChI is InChI=1S/C22H35N3S/c1-17-14-18(2)16-19(15-17)23-22(26)25-12-10-21(11-13-25)24(3)20-8-6-4-5-7-9-20/h14-16,20-21H,4-13H2,1-3H3,(H,23,26). The van der Waals surface area contributed by atoms with Crippen LogP contribution in [0.3, 0.4) is 0 Å². The Labute approximate surface area is 165 Å². The van der Waals surface area contributed by atoms with Crippen LogP contribution in [0.1, 0.15) is 62.5 Å². The van der Waals surface area contributed by atoms with E-state index in [-0.39, 0.29) is 0 Å². The molecule has 1 saturated carbocycles. The molecule has 1 saturated heterocycles. The van der Waals surface area contributed by atoms with Gasteiger partial charge in [-0.1, -0.05) is 31.7 Å². The lowest BCUT2D eigenvalue weighted by atomic mass is 9.99. The number of piperidine rings is 1. The molecule has 1 aromatic carbocycles. The van der Waals surface area contributed by atoms with Gasteiger partial charge in [-0.15, -0.1) is 0 Å². The summed E-state index contributed by atoms with van der Waals surface area (Å²) in [5, 5.41) is 4.33. The van der Waals surface area contributed by atoms with Gasteiger partial charge in [-0.3, -0.25) is 0 Å². The fourth-order valence-corrected chi connectivity index (χ4v) is 4.99. The molecule has 1 aliphatic carbocycles. The maximum absolute atomic E-state index is 5.69. The van der Waals surface area contributed by atoms with Crippen LogP contribution in [-0.4, -0.2) is 47.1 Å². The third-order valence-electron chi connectivity index (χ3n) is 6.20. The van der Waals surface area contributed by atoms with Crippen LogP contribution in [-0.2, 0) is 0 Å². The Morgan fingerprint density at radius 2 is 1.46 bits per heavy atom. The minimum Gasteiger partial charge on any atom is -0.349 e. The minimum atomic E-state index is 0.721. The predicted octanol–water partition coefficient (Wildman–Crippen LogP) is 5.12. The maximum atomic E-state index is 5.69. The molecule has 0 unspecified atom stereocenters. The first kappa shape index (κ1) is 19.6. The third kappa shape index (κ3) is 5.20. The highest BCUT2D eigenvalue weighted by atomic mass is 32.1. The molecule has 0 aromatic heterocycles. The van der Waals surface area contributed by atoms with E-state index >= 15 is 0 Å². The number of likely N-dealkylation sites (tertiary alicyclic amines) is 1. The van der Waals surface area contributed by atoms with Crippen LogP contribution in [0.5, 0.6) is 0 Å². The van der Waals surface area contributed by atoms with Crippen LogP contribution in [0.2, 0.25) is 0 Å². The fourth-order valence-electron chi connectivity index (χ4n) is 4.69. The van der Waals surface area contributed by atoms with E-state index in [0.717, 1.165) is 36.0 Å². The van der Waals surface area contributed by atoms with Gasteiger partial charge in [-0.25, -0.2) is 0 Å². The number of benzene rings is 1. The Balaban J connectivity index is 1.50. The molecule has 3 nitrogen and oxygen atoms in total. The van der Waals surface area contributed by atoms with E-state index in [1.807, 2.05) is 0 Å². The van der Waals surface area contributed by atoms with Crippen molar-refractivity contribution in [1.29, 1.82) is 0 Å². The third-order valence-corrected chi connectivity index (χ3v) is 6.56. The molecule has 0 amide bonds. The molecule has 0 bridgehead atoms. The molecule has 1 aliphatic heterocycles. The molecule has 1 heterocycles. The molecule has 2 aliphatic rings. The van der Waals surface area contributed by atoms with Gasteiger partial charge in [0.05, 0.1) is 0 Å². The van der Waals surface area contributed by atoms with Crippen molar-refractivity contribution >= 4 is 23.0 Å². The topological polar surface area (TPSA) is 18.5 Å². The second-order valence-corrected chi connectivity index (χ2v) is 8.72. The number of nitrogens with zero attached hydrogens (tertiary/aromatic N) is 2. The first-order valence-corrected chi connectivity index (χ1v) is 10.8. The van der Waals surface area contributed by atoms with Crippen molar-refractivity contribution in [3.05, 3.63) is 29.3 Å². The number of rotatable bonds is 3. The summed E-state index contributed by atoms with van der Waals surface area (Å²) < 4.78 is 0. The van der Waals surface area contributed by atoms with Crippen molar-refractivity contribution in [2.75, 3.05) is 25.5 Å². The van der Waals surface area contributed by atoms with E-state index in [9.17, 15) is 0 Å². The lowest BCUT2D eigenvalue weighted by molar-refractivity contribution is 0.111. The number of hydrogen-bond acceptors (Lipinski definition) is 2. The van der Waals surface area contributed by atoms with E-state index in [2.05, 4.69) is 54.2 Å². The van der Waals surface area contributed by atoms with Gasteiger partial charge in [0, 0.05) is 30.9 Å². The van der Waals surface area contributed by atoms with Crippen LogP contribution in [0.15, 0.2) is 18.2 Å². The summed E-state index contributed by atoms with van der Waals surface area (Å²) >= 11 is 5.69. The number of nitrogens with one attached hydrogen (secondary N) is 1. The molecule has 26 heavy (non-hydrogen) atoms. The largest absolute Gasteiger partial charge is 0.349 e. The zero-order valence-electron chi connectivity index (χ0n) is 16.8. The molecule has 3 rings (SSSR count). The van der Waals surface area contributed by atoms with Gasteiger partial charge in [0.15, 0.2) is 5.11 Å². The molecule has 1 aromatic rings. The molecular weight excluding hydrogens is 338 g/mol. The number of hydrogen-bond donors (Lipinski definition) is 1. The Morgan fingerprint density at radius 1 is 0.923 bits per heavy atom. The second-order valence-electron chi connectivity index (χ2n) is 8.34. The molecule has 144 valence electrons. The summed E-state index contributed by atoms with van der Waals surface area (Å²) in [6.45, 7) is 6.41. The van der Waals surface area contributed by atoms with Gasteiger partial charge in [-0.2, -0.15) is 0 Å². The summed E-state index contributed by atoms with van der Waals surface area (Å²) in [7, 11) is 2.36. The highest BCUT2D eigenvalue weighted by Crippen LogP contribution is 2.26. The zero-order valence-corrected chi connectivity index (χ0v) is 17.6. The van der Waals surface area contributed by atoms with Gasteiger partial charge < -0.3 is 15.1 Å². The summed E-state index contributed by atoms with van der Waals surface area (Å²) in [5.41, 5.74) is 3.67. The van der Waals surface area contributed by atoms with Gasteiger partial charge in [0.1, 0.15) is 0 Å². The predicted molar refractivity (Wildman–Crippen MR) is 116 cm³/mol. The van der Waals surface area contributed by atoms with Gasteiger partial charge in [-0.05, 0) is 82.1 Å². The fraction of sp³-hybridized carbons (Fsp3) is 0.682. The molecule has 1 N–H and O–H groups in total. The molecular formula is C22H35N3S. The SMILES string of the molecule is Cc1cc(C)cc(NC(=S)N2CCC(N(C)C3CCCCCC3)CC2)c1. The van der Waals surface area contributed by atoms with E-state index in [0.29, 0.717) is 0 Å². The first-order chi connectivity index (χ1) is 12.5. The van der Waals surface area contributed by atoms with Crippen molar-refractivity contribution in [2.45, 2.75) is 77.3 Å². The van der Waals surface area contributed by atoms with Crippen LogP contribution in [0.4, 0.5) is 5.69 Å². The Hall–Kier alpha value is -1.13. The molecule has 2 fully saturated rings. The van der Waals surface area contributed by atoms with Crippen LogP contribution >= 0.6 is 12.2 Å². The normalized spacial score (nSPS) is 20.2. The molecule has 0 atom stereocenters. The van der Waals surface area contributed by atoms with Crippen molar-refractivity contribution in [3.63, 3.8) is 0 Å². The Morgan fingerprint density at radius 3 is 2.04 bits per heavy atom. The second kappa shape index (κ2) is 9.18. The number of anilines is 1. The average molecular weight is 374 g/mol. The Kier molecular flexibility index (Phi) is 6.93. The first-order valence-electron chi connectivity index (χ1n) is 10.4. The summed E-state index contributed by atoms with van der Waals surface area (Å²) in [6, 6.07) is 8.06. The number of thiocarbonyl (C=S) groups is 1.